The molecule has 0 aliphatic carbocycles. The number of hydrogen-bond acceptors (Lipinski definition) is 3. The molecule has 2 N–H and O–H groups in total. The first-order valence-electron chi connectivity index (χ1n) is 6.26. The van der Waals surface area contributed by atoms with Gasteiger partial charge in [0.15, 0.2) is 0 Å². The predicted octanol–water partition coefficient (Wildman–Crippen LogP) is 1.95. The number of carbonyl (C=O) groups is 2. The molecule has 1 atom stereocenters. The molecule has 0 aromatic heterocycles. The average molecular weight is 263 g/mol. The summed E-state index contributed by atoms with van der Waals surface area (Å²) in [7, 11) is 0. The number of anilines is 1. The summed E-state index contributed by atoms with van der Waals surface area (Å²) >= 11 is 0. The number of carboxylic acids is 1. The van der Waals surface area contributed by atoms with Gasteiger partial charge in [0, 0.05) is 13.0 Å². The fraction of sp³-hybridized carbons (Fsp3) is 0.429. The fourth-order valence-corrected chi connectivity index (χ4v) is 2.22. The molecule has 19 heavy (non-hydrogen) atoms. The lowest BCUT2D eigenvalue weighted by Gasteiger charge is -2.19. The quantitative estimate of drug-likeness (QED) is 0.873. The number of carboxylic acid groups (broad SMARTS) is 1. The Morgan fingerprint density at radius 2 is 2.11 bits per heavy atom. The summed E-state index contributed by atoms with van der Waals surface area (Å²) in [5.41, 5.74) is 1.40. The molecule has 0 unspecified atom stereocenters. The van der Waals surface area contributed by atoms with E-state index in [1.165, 1.54) is 4.90 Å². The van der Waals surface area contributed by atoms with Crippen LogP contribution in [0.5, 0.6) is 5.75 Å². The van der Waals surface area contributed by atoms with E-state index in [0.717, 1.165) is 5.56 Å². The van der Waals surface area contributed by atoms with Gasteiger partial charge in [-0.05, 0) is 23.6 Å². The highest BCUT2D eigenvalue weighted by Gasteiger charge is 2.36. The Morgan fingerprint density at radius 1 is 1.42 bits per heavy atom. The van der Waals surface area contributed by atoms with Crippen LogP contribution in [0.1, 0.15) is 31.7 Å². The molecule has 1 aromatic rings. The molecule has 0 spiro atoms. The number of hydrogen-bond donors (Lipinski definition) is 2. The van der Waals surface area contributed by atoms with E-state index in [1.54, 1.807) is 18.2 Å². The zero-order valence-corrected chi connectivity index (χ0v) is 11.0. The Balaban J connectivity index is 2.34. The molecule has 0 saturated carbocycles. The van der Waals surface area contributed by atoms with E-state index in [9.17, 15) is 14.7 Å². The second-order valence-corrected chi connectivity index (χ2v) is 5.15. The number of phenols is 1. The number of aromatic hydroxyl groups is 1. The summed E-state index contributed by atoms with van der Waals surface area (Å²) in [6, 6.07) is 5.10. The number of nitrogens with zero attached hydrogens (tertiary/aromatic N) is 1. The second-order valence-electron chi connectivity index (χ2n) is 5.15. The lowest BCUT2D eigenvalue weighted by Crippen LogP contribution is -2.26. The van der Waals surface area contributed by atoms with Crippen molar-refractivity contribution in [2.24, 2.45) is 5.92 Å². The topological polar surface area (TPSA) is 77.8 Å². The Morgan fingerprint density at radius 3 is 2.63 bits per heavy atom. The largest absolute Gasteiger partial charge is 0.506 e. The first-order chi connectivity index (χ1) is 8.90. The number of phenolic OH excluding ortho intramolecular Hbond substituents is 1. The van der Waals surface area contributed by atoms with Gasteiger partial charge in [-0.1, -0.05) is 19.9 Å². The molecule has 1 aliphatic heterocycles. The van der Waals surface area contributed by atoms with Gasteiger partial charge in [0.25, 0.3) is 0 Å². The Kier molecular flexibility index (Phi) is 3.46. The number of carbonyl (C=O) groups excluding carboxylic acids is 1. The van der Waals surface area contributed by atoms with E-state index in [0.29, 0.717) is 5.69 Å². The summed E-state index contributed by atoms with van der Waals surface area (Å²) in [6.07, 6.45) is -0.0132. The second kappa shape index (κ2) is 4.91. The standard InChI is InChI=1S/C14H17NO4/c1-8(2)9-3-4-12(16)11(5-9)15-7-10(14(18)19)6-13(15)17/h3-5,8,10,16H,6-7H2,1-2H3,(H,18,19)/t10-/m1/s1. The minimum atomic E-state index is -0.977. The number of rotatable bonds is 3. The van der Waals surface area contributed by atoms with E-state index >= 15 is 0 Å². The summed E-state index contributed by atoms with van der Waals surface area (Å²) in [6.45, 7) is 4.15. The molecular weight excluding hydrogens is 246 g/mol. The molecule has 1 amide bonds. The van der Waals surface area contributed by atoms with Crippen molar-refractivity contribution >= 4 is 17.6 Å². The van der Waals surface area contributed by atoms with Crippen molar-refractivity contribution in [3.63, 3.8) is 0 Å². The van der Waals surface area contributed by atoms with Crippen molar-refractivity contribution in [1.82, 2.24) is 0 Å². The maximum Gasteiger partial charge on any atom is 0.308 e. The zero-order chi connectivity index (χ0) is 14.2. The number of amides is 1. The summed E-state index contributed by atoms with van der Waals surface area (Å²) < 4.78 is 0. The third kappa shape index (κ3) is 2.54. The van der Waals surface area contributed by atoms with Crippen LogP contribution in [0.3, 0.4) is 0 Å². The third-order valence-corrected chi connectivity index (χ3v) is 3.43. The van der Waals surface area contributed by atoms with Gasteiger partial charge in [-0.15, -0.1) is 0 Å². The molecule has 1 fully saturated rings. The number of benzene rings is 1. The molecule has 2 rings (SSSR count). The third-order valence-electron chi connectivity index (χ3n) is 3.43. The van der Waals surface area contributed by atoms with Crippen LogP contribution in [0.4, 0.5) is 5.69 Å². The van der Waals surface area contributed by atoms with Gasteiger partial charge in [0.1, 0.15) is 5.75 Å². The maximum absolute atomic E-state index is 11.9. The molecule has 0 bridgehead atoms. The van der Waals surface area contributed by atoms with Crippen molar-refractivity contribution in [2.45, 2.75) is 26.2 Å². The average Bonchev–Trinajstić information content (AvgIpc) is 2.72. The minimum Gasteiger partial charge on any atom is -0.506 e. The SMILES string of the molecule is CC(C)c1ccc(O)c(N2C[C@H](C(=O)O)CC2=O)c1. The molecule has 1 aromatic carbocycles. The van der Waals surface area contributed by atoms with Crippen LogP contribution in [0.15, 0.2) is 18.2 Å². The summed E-state index contributed by atoms with van der Waals surface area (Å²) in [4.78, 5) is 24.2. The van der Waals surface area contributed by atoms with Crippen LogP contribution in [-0.4, -0.2) is 28.6 Å². The molecular formula is C14H17NO4. The first-order valence-corrected chi connectivity index (χ1v) is 6.26. The predicted molar refractivity (Wildman–Crippen MR) is 70.3 cm³/mol. The van der Waals surface area contributed by atoms with E-state index in [4.69, 9.17) is 5.11 Å². The highest BCUT2D eigenvalue weighted by atomic mass is 16.4. The Labute approximate surface area is 111 Å². The van der Waals surface area contributed by atoms with Gasteiger partial charge in [0.2, 0.25) is 5.91 Å². The maximum atomic E-state index is 11.9. The Hall–Kier alpha value is -2.04. The van der Waals surface area contributed by atoms with Gasteiger partial charge < -0.3 is 15.1 Å². The van der Waals surface area contributed by atoms with E-state index < -0.39 is 11.9 Å². The van der Waals surface area contributed by atoms with Gasteiger partial charge in [-0.2, -0.15) is 0 Å². The van der Waals surface area contributed by atoms with Crippen molar-refractivity contribution in [1.29, 1.82) is 0 Å². The number of aliphatic carboxylic acids is 1. The normalized spacial score (nSPS) is 19.2. The van der Waals surface area contributed by atoms with Crippen LogP contribution in [0, 0.1) is 5.92 Å². The van der Waals surface area contributed by atoms with Crippen molar-refractivity contribution in [2.75, 3.05) is 11.4 Å². The molecule has 102 valence electrons. The van der Waals surface area contributed by atoms with Gasteiger partial charge >= 0.3 is 5.97 Å². The van der Waals surface area contributed by atoms with Gasteiger partial charge in [0.05, 0.1) is 11.6 Å². The summed E-state index contributed by atoms with van der Waals surface area (Å²) in [5, 5.41) is 18.8. The van der Waals surface area contributed by atoms with E-state index in [1.807, 2.05) is 13.8 Å². The first kappa shape index (κ1) is 13.4. The van der Waals surface area contributed by atoms with Crippen molar-refractivity contribution in [3.8, 4) is 5.75 Å². The summed E-state index contributed by atoms with van der Waals surface area (Å²) in [5.74, 6) is -1.66. The molecule has 1 saturated heterocycles. The van der Waals surface area contributed by atoms with Crippen LogP contribution < -0.4 is 4.90 Å². The van der Waals surface area contributed by atoms with E-state index in [2.05, 4.69) is 0 Å². The highest BCUT2D eigenvalue weighted by Crippen LogP contribution is 2.34. The van der Waals surface area contributed by atoms with Crippen LogP contribution in [0.25, 0.3) is 0 Å². The van der Waals surface area contributed by atoms with E-state index in [-0.39, 0.29) is 30.5 Å². The molecule has 1 heterocycles. The van der Waals surface area contributed by atoms with Crippen LogP contribution in [-0.2, 0) is 9.59 Å². The molecule has 5 heteroatoms. The lowest BCUT2D eigenvalue weighted by molar-refractivity contribution is -0.141. The molecule has 0 radical (unpaired) electrons. The minimum absolute atomic E-state index is 0.00351. The Bertz CT molecular complexity index is 524. The van der Waals surface area contributed by atoms with Crippen LogP contribution in [0.2, 0.25) is 0 Å². The monoisotopic (exact) mass is 263 g/mol. The van der Waals surface area contributed by atoms with Gasteiger partial charge in [-0.3, -0.25) is 9.59 Å². The van der Waals surface area contributed by atoms with Crippen molar-refractivity contribution < 1.29 is 19.8 Å². The fourth-order valence-electron chi connectivity index (χ4n) is 2.22. The smallest absolute Gasteiger partial charge is 0.308 e. The van der Waals surface area contributed by atoms with Gasteiger partial charge in [-0.25, -0.2) is 0 Å². The van der Waals surface area contributed by atoms with Crippen LogP contribution >= 0.6 is 0 Å². The zero-order valence-electron chi connectivity index (χ0n) is 11.0. The highest BCUT2D eigenvalue weighted by molar-refractivity contribution is 6.00. The lowest BCUT2D eigenvalue weighted by atomic mass is 10.0. The molecule has 5 nitrogen and oxygen atoms in total. The van der Waals surface area contributed by atoms with Crippen molar-refractivity contribution in [3.05, 3.63) is 23.8 Å². The molecule has 1 aliphatic rings.